The SMILES string of the molecule is CCCOP(O)(=S)NCC. The van der Waals surface area contributed by atoms with Crippen LogP contribution >= 0.6 is 6.64 Å². The van der Waals surface area contributed by atoms with E-state index < -0.39 is 6.64 Å². The molecule has 0 fully saturated rings. The zero-order valence-corrected chi connectivity index (χ0v) is 8.04. The molecule has 0 rings (SSSR count). The highest BCUT2D eigenvalue weighted by molar-refractivity contribution is 8.08. The maximum Gasteiger partial charge on any atom is 0.258 e. The Balaban J connectivity index is 3.53. The lowest BCUT2D eigenvalue weighted by Crippen LogP contribution is -2.10. The van der Waals surface area contributed by atoms with Gasteiger partial charge in [-0.25, -0.2) is 5.09 Å². The molecular formula is C5H14NO2PS. The molecular weight excluding hydrogens is 169 g/mol. The second-order valence-corrected chi connectivity index (χ2v) is 4.97. The summed E-state index contributed by atoms with van der Waals surface area (Å²) in [5.74, 6) is 0. The van der Waals surface area contributed by atoms with Gasteiger partial charge in [0.15, 0.2) is 0 Å². The molecule has 1 unspecified atom stereocenters. The van der Waals surface area contributed by atoms with Crippen molar-refractivity contribution in [2.45, 2.75) is 20.3 Å². The third-order valence-corrected chi connectivity index (χ3v) is 2.78. The lowest BCUT2D eigenvalue weighted by atomic mass is 10.5. The summed E-state index contributed by atoms with van der Waals surface area (Å²) >= 11 is 4.74. The Kier molecular flexibility index (Phi) is 5.49. The standard InChI is InChI=1S/C5H14NO2PS/c1-3-5-8-9(7,10)6-4-2/h3-5H2,1-2H3,(H2,6,7,10). The van der Waals surface area contributed by atoms with E-state index >= 15 is 0 Å². The molecule has 10 heavy (non-hydrogen) atoms. The smallest absolute Gasteiger partial charge is 0.258 e. The van der Waals surface area contributed by atoms with Crippen molar-refractivity contribution in [2.75, 3.05) is 13.2 Å². The molecule has 0 radical (unpaired) electrons. The first-order valence-electron chi connectivity index (χ1n) is 3.35. The van der Waals surface area contributed by atoms with Gasteiger partial charge in [-0.1, -0.05) is 13.8 Å². The molecule has 0 amide bonds. The van der Waals surface area contributed by atoms with E-state index in [4.69, 9.17) is 16.3 Å². The monoisotopic (exact) mass is 183 g/mol. The Bertz CT molecular complexity index is 131. The second kappa shape index (κ2) is 5.22. The maximum atomic E-state index is 9.24. The molecule has 0 heterocycles. The zero-order valence-electron chi connectivity index (χ0n) is 6.33. The predicted octanol–water partition coefficient (Wildman–Crippen LogP) is 1.24. The quantitative estimate of drug-likeness (QED) is 0.629. The molecule has 0 aromatic heterocycles. The summed E-state index contributed by atoms with van der Waals surface area (Å²) in [7, 11) is 0. The molecule has 0 aromatic carbocycles. The van der Waals surface area contributed by atoms with Gasteiger partial charge in [-0.15, -0.1) is 0 Å². The first-order chi connectivity index (χ1) is 4.62. The summed E-state index contributed by atoms with van der Waals surface area (Å²) in [6.07, 6.45) is 0.879. The molecule has 0 aliphatic rings. The van der Waals surface area contributed by atoms with E-state index in [0.29, 0.717) is 13.2 Å². The minimum Gasteiger partial charge on any atom is -0.334 e. The first-order valence-corrected chi connectivity index (χ1v) is 6.02. The predicted molar refractivity (Wildman–Crippen MR) is 46.4 cm³/mol. The maximum absolute atomic E-state index is 9.24. The number of hydrogen-bond donors (Lipinski definition) is 2. The van der Waals surface area contributed by atoms with Crippen LogP contribution in [0.3, 0.4) is 0 Å². The van der Waals surface area contributed by atoms with Gasteiger partial charge in [-0.05, 0) is 18.2 Å². The molecule has 0 saturated carbocycles. The highest BCUT2D eigenvalue weighted by Crippen LogP contribution is 2.36. The average Bonchev–Trinajstić information content (AvgIpc) is 1.84. The Morgan fingerprint density at radius 1 is 1.60 bits per heavy atom. The summed E-state index contributed by atoms with van der Waals surface area (Å²) in [5.41, 5.74) is 0. The van der Waals surface area contributed by atoms with E-state index in [1.165, 1.54) is 0 Å². The molecule has 3 nitrogen and oxygen atoms in total. The van der Waals surface area contributed by atoms with Crippen LogP contribution in [0, 0.1) is 0 Å². The van der Waals surface area contributed by atoms with Crippen molar-refractivity contribution in [1.82, 2.24) is 5.09 Å². The molecule has 0 aliphatic carbocycles. The van der Waals surface area contributed by atoms with Crippen LogP contribution in [0.4, 0.5) is 0 Å². The van der Waals surface area contributed by atoms with Crippen LogP contribution in [0.2, 0.25) is 0 Å². The fourth-order valence-electron chi connectivity index (χ4n) is 0.460. The van der Waals surface area contributed by atoms with Crippen molar-refractivity contribution < 1.29 is 9.42 Å². The van der Waals surface area contributed by atoms with Crippen molar-refractivity contribution in [2.24, 2.45) is 0 Å². The Morgan fingerprint density at radius 3 is 2.60 bits per heavy atom. The Hall–Kier alpha value is 0.530. The molecule has 0 aromatic rings. The largest absolute Gasteiger partial charge is 0.334 e. The van der Waals surface area contributed by atoms with Crippen molar-refractivity contribution >= 4 is 18.4 Å². The molecule has 0 aliphatic heterocycles. The van der Waals surface area contributed by atoms with E-state index in [0.717, 1.165) is 6.42 Å². The number of nitrogens with one attached hydrogen (secondary N) is 1. The summed E-state index contributed by atoms with van der Waals surface area (Å²) in [6, 6.07) is 0. The molecule has 0 spiro atoms. The van der Waals surface area contributed by atoms with E-state index in [9.17, 15) is 4.89 Å². The van der Waals surface area contributed by atoms with Gasteiger partial charge in [0.25, 0.3) is 6.64 Å². The molecule has 0 saturated heterocycles. The van der Waals surface area contributed by atoms with E-state index in [1.807, 2.05) is 13.8 Å². The van der Waals surface area contributed by atoms with Gasteiger partial charge in [-0.2, -0.15) is 0 Å². The third-order valence-electron chi connectivity index (χ3n) is 0.828. The van der Waals surface area contributed by atoms with Crippen molar-refractivity contribution in [3.05, 3.63) is 0 Å². The van der Waals surface area contributed by atoms with E-state index in [2.05, 4.69) is 5.09 Å². The lowest BCUT2D eigenvalue weighted by molar-refractivity contribution is 0.300. The van der Waals surface area contributed by atoms with Gasteiger partial charge in [-0.3, -0.25) is 0 Å². The van der Waals surface area contributed by atoms with Gasteiger partial charge in [0.1, 0.15) is 0 Å². The molecule has 62 valence electrons. The van der Waals surface area contributed by atoms with Crippen LogP contribution in [0.15, 0.2) is 0 Å². The van der Waals surface area contributed by atoms with Crippen LogP contribution in [0.5, 0.6) is 0 Å². The Labute approximate surface area is 67.0 Å². The van der Waals surface area contributed by atoms with Crippen molar-refractivity contribution in [3.63, 3.8) is 0 Å². The fourth-order valence-corrected chi connectivity index (χ4v) is 1.99. The lowest BCUT2D eigenvalue weighted by Gasteiger charge is -2.14. The minimum absolute atomic E-state index is 0.529. The van der Waals surface area contributed by atoms with Gasteiger partial charge in [0.2, 0.25) is 0 Å². The van der Waals surface area contributed by atoms with E-state index in [1.54, 1.807) is 0 Å². The normalized spacial score (nSPS) is 16.7. The van der Waals surface area contributed by atoms with Crippen molar-refractivity contribution in [1.29, 1.82) is 0 Å². The minimum atomic E-state index is -2.63. The summed E-state index contributed by atoms with van der Waals surface area (Å²) in [5, 5.41) is 2.72. The summed E-state index contributed by atoms with van der Waals surface area (Å²) in [6.45, 7) is 2.41. The number of rotatable bonds is 5. The molecule has 2 N–H and O–H groups in total. The highest BCUT2D eigenvalue weighted by atomic mass is 32.5. The van der Waals surface area contributed by atoms with Crippen LogP contribution in [-0.4, -0.2) is 18.0 Å². The van der Waals surface area contributed by atoms with Crippen LogP contribution in [-0.2, 0) is 16.3 Å². The van der Waals surface area contributed by atoms with Gasteiger partial charge in [0, 0.05) is 6.54 Å². The van der Waals surface area contributed by atoms with Crippen LogP contribution in [0.1, 0.15) is 20.3 Å². The van der Waals surface area contributed by atoms with Crippen LogP contribution in [0.25, 0.3) is 0 Å². The van der Waals surface area contributed by atoms with Crippen molar-refractivity contribution in [3.8, 4) is 0 Å². The molecule has 5 heteroatoms. The highest BCUT2D eigenvalue weighted by Gasteiger charge is 2.09. The average molecular weight is 183 g/mol. The molecule has 1 atom stereocenters. The summed E-state index contributed by atoms with van der Waals surface area (Å²) in [4.78, 5) is 9.24. The third kappa shape index (κ3) is 5.33. The van der Waals surface area contributed by atoms with Gasteiger partial charge >= 0.3 is 0 Å². The Morgan fingerprint density at radius 2 is 2.20 bits per heavy atom. The van der Waals surface area contributed by atoms with Crippen LogP contribution < -0.4 is 5.09 Å². The topological polar surface area (TPSA) is 41.5 Å². The fraction of sp³-hybridized carbons (Fsp3) is 1.00. The van der Waals surface area contributed by atoms with Gasteiger partial charge < -0.3 is 9.42 Å². The van der Waals surface area contributed by atoms with E-state index in [-0.39, 0.29) is 0 Å². The molecule has 0 bridgehead atoms. The first kappa shape index (κ1) is 10.5. The second-order valence-electron chi connectivity index (χ2n) is 1.87. The van der Waals surface area contributed by atoms with Gasteiger partial charge in [0.05, 0.1) is 6.61 Å². The summed E-state index contributed by atoms with van der Waals surface area (Å²) < 4.78 is 4.99. The zero-order chi connectivity index (χ0) is 8.04. The number of hydrogen-bond acceptors (Lipinski definition) is 2.